The zero-order chi connectivity index (χ0) is 18.9. The quantitative estimate of drug-likeness (QED) is 0.578. The van der Waals surface area contributed by atoms with Gasteiger partial charge < -0.3 is 9.47 Å². The first-order chi connectivity index (χ1) is 13.1. The highest BCUT2D eigenvalue weighted by Gasteiger charge is 2.57. The summed E-state index contributed by atoms with van der Waals surface area (Å²) in [5.41, 5.74) is 2.06. The second kappa shape index (κ2) is 7.24. The molecule has 2 bridgehead atoms. The van der Waals surface area contributed by atoms with Gasteiger partial charge in [0, 0.05) is 11.3 Å². The predicted octanol–water partition coefficient (Wildman–Crippen LogP) is 4.07. The first kappa shape index (κ1) is 17.9. The number of esters is 2. The lowest BCUT2D eigenvalue weighted by atomic mass is 9.79. The number of carbonyl (C=O) groups is 2. The molecule has 0 radical (unpaired) electrons. The van der Waals surface area contributed by atoms with Crippen molar-refractivity contribution in [3.8, 4) is 0 Å². The minimum absolute atomic E-state index is 0.199. The summed E-state index contributed by atoms with van der Waals surface area (Å²) in [6.45, 7) is 2.21. The van der Waals surface area contributed by atoms with Crippen molar-refractivity contribution in [1.82, 2.24) is 0 Å². The summed E-state index contributed by atoms with van der Waals surface area (Å²) in [6.07, 6.45) is 3.80. The molecule has 2 aromatic carbocycles. The van der Waals surface area contributed by atoms with Crippen LogP contribution in [0.15, 0.2) is 71.6 Å². The van der Waals surface area contributed by atoms with E-state index in [-0.39, 0.29) is 24.6 Å². The van der Waals surface area contributed by atoms with E-state index in [2.05, 4.69) is 0 Å². The van der Waals surface area contributed by atoms with Crippen molar-refractivity contribution in [2.24, 2.45) is 5.92 Å². The van der Waals surface area contributed by atoms with Gasteiger partial charge in [-0.3, -0.25) is 9.59 Å². The molecule has 0 spiro atoms. The molecular formula is C22H20O4S. The summed E-state index contributed by atoms with van der Waals surface area (Å²) in [5.74, 6) is -1.29. The number of aryl methyl sites for hydroxylation is 1. The lowest BCUT2D eigenvalue weighted by Gasteiger charge is -2.44. The molecule has 2 heterocycles. The molecule has 3 aliphatic rings. The van der Waals surface area contributed by atoms with Crippen molar-refractivity contribution in [2.45, 2.75) is 35.7 Å². The first-order valence-electron chi connectivity index (χ1n) is 8.93. The summed E-state index contributed by atoms with van der Waals surface area (Å²) < 4.78 is 9.96. The summed E-state index contributed by atoms with van der Waals surface area (Å²) >= 11 is 1.36. The SMILES string of the molecule is Cc1ccc(S[C@]23C=C[C@H](C[C@@H]2C(=O)OCc2ccccc2)OC3=O)cc1. The highest BCUT2D eigenvalue weighted by atomic mass is 32.2. The summed E-state index contributed by atoms with van der Waals surface area (Å²) in [7, 11) is 0. The van der Waals surface area contributed by atoms with E-state index >= 15 is 0 Å². The maximum atomic E-state index is 12.9. The highest BCUT2D eigenvalue weighted by Crippen LogP contribution is 2.49. The van der Waals surface area contributed by atoms with Gasteiger partial charge in [0.25, 0.3) is 0 Å². The van der Waals surface area contributed by atoms with E-state index in [4.69, 9.17) is 9.47 Å². The fourth-order valence-electron chi connectivity index (χ4n) is 3.43. The number of hydrogen-bond donors (Lipinski definition) is 0. The molecule has 0 N–H and O–H groups in total. The number of thioether (sulfide) groups is 1. The number of ether oxygens (including phenoxy) is 2. The molecule has 0 amide bonds. The van der Waals surface area contributed by atoms with Crippen molar-refractivity contribution >= 4 is 23.7 Å². The van der Waals surface area contributed by atoms with E-state index in [1.165, 1.54) is 11.8 Å². The smallest absolute Gasteiger partial charge is 0.328 e. The maximum Gasteiger partial charge on any atom is 0.328 e. The second-order valence-corrected chi connectivity index (χ2v) is 8.24. The van der Waals surface area contributed by atoms with Crippen LogP contribution in [0.2, 0.25) is 0 Å². The first-order valence-corrected chi connectivity index (χ1v) is 9.75. The number of benzene rings is 2. The summed E-state index contributed by atoms with van der Waals surface area (Å²) in [4.78, 5) is 26.5. The number of rotatable bonds is 5. The highest BCUT2D eigenvalue weighted by molar-refractivity contribution is 8.01. The third-order valence-corrected chi connectivity index (χ3v) is 6.37. The van der Waals surface area contributed by atoms with Gasteiger partial charge in [-0.25, -0.2) is 0 Å². The monoisotopic (exact) mass is 380 g/mol. The Bertz CT molecular complexity index is 875. The van der Waals surface area contributed by atoms with Gasteiger partial charge in [-0.2, -0.15) is 0 Å². The zero-order valence-corrected chi connectivity index (χ0v) is 15.8. The molecule has 0 saturated carbocycles. The molecule has 2 aliphatic heterocycles. The molecule has 138 valence electrons. The van der Waals surface area contributed by atoms with Crippen LogP contribution >= 0.6 is 11.8 Å². The molecule has 0 aromatic heterocycles. The van der Waals surface area contributed by atoms with Gasteiger partial charge in [0.2, 0.25) is 0 Å². The van der Waals surface area contributed by atoms with Crippen LogP contribution in [0.5, 0.6) is 0 Å². The lowest BCUT2D eigenvalue weighted by Crippen LogP contribution is -2.55. The van der Waals surface area contributed by atoms with Crippen LogP contribution in [0.25, 0.3) is 0 Å². The Hall–Kier alpha value is -2.53. The molecule has 4 nitrogen and oxygen atoms in total. The van der Waals surface area contributed by atoms with Gasteiger partial charge in [-0.1, -0.05) is 54.1 Å². The van der Waals surface area contributed by atoms with Gasteiger partial charge in [-0.05, 0) is 30.7 Å². The van der Waals surface area contributed by atoms with Crippen LogP contribution in [0.1, 0.15) is 17.5 Å². The van der Waals surface area contributed by atoms with Crippen LogP contribution in [-0.4, -0.2) is 22.8 Å². The number of hydrogen-bond acceptors (Lipinski definition) is 5. The van der Waals surface area contributed by atoms with Crippen LogP contribution < -0.4 is 0 Å². The second-order valence-electron chi connectivity index (χ2n) is 6.89. The summed E-state index contributed by atoms with van der Waals surface area (Å²) in [5, 5.41) is 0. The largest absolute Gasteiger partial charge is 0.461 e. The maximum absolute atomic E-state index is 12.9. The average Bonchev–Trinajstić information content (AvgIpc) is 2.69. The molecule has 1 aliphatic carbocycles. The van der Waals surface area contributed by atoms with Crippen molar-refractivity contribution < 1.29 is 19.1 Å². The minimum Gasteiger partial charge on any atom is -0.461 e. The van der Waals surface area contributed by atoms with E-state index in [1.54, 1.807) is 0 Å². The molecule has 5 rings (SSSR count). The van der Waals surface area contributed by atoms with Crippen molar-refractivity contribution in [2.75, 3.05) is 0 Å². The van der Waals surface area contributed by atoms with E-state index < -0.39 is 10.7 Å². The zero-order valence-electron chi connectivity index (χ0n) is 15.0. The Balaban J connectivity index is 1.56. The molecular weight excluding hydrogens is 360 g/mol. The number of carbonyl (C=O) groups excluding carboxylic acids is 2. The fraction of sp³-hybridized carbons (Fsp3) is 0.273. The van der Waals surface area contributed by atoms with Gasteiger partial charge in [0.05, 0.1) is 5.92 Å². The molecule has 2 aromatic rings. The molecule has 5 heteroatoms. The fourth-order valence-corrected chi connectivity index (χ4v) is 4.70. The Morgan fingerprint density at radius 3 is 2.63 bits per heavy atom. The predicted molar refractivity (Wildman–Crippen MR) is 103 cm³/mol. The van der Waals surface area contributed by atoms with Gasteiger partial charge in [0.15, 0.2) is 0 Å². The third kappa shape index (κ3) is 3.52. The van der Waals surface area contributed by atoms with Crippen LogP contribution in [0, 0.1) is 12.8 Å². The minimum atomic E-state index is -1.07. The van der Waals surface area contributed by atoms with E-state index in [9.17, 15) is 9.59 Å². The molecule has 1 fully saturated rings. The van der Waals surface area contributed by atoms with Crippen molar-refractivity contribution in [3.05, 3.63) is 77.9 Å². The van der Waals surface area contributed by atoms with Gasteiger partial charge >= 0.3 is 11.9 Å². The van der Waals surface area contributed by atoms with Crippen LogP contribution in [0.3, 0.4) is 0 Å². The Morgan fingerprint density at radius 1 is 1.19 bits per heavy atom. The summed E-state index contributed by atoms with van der Waals surface area (Å²) in [6, 6.07) is 17.4. The van der Waals surface area contributed by atoms with Gasteiger partial charge in [0.1, 0.15) is 17.5 Å². The third-order valence-electron chi connectivity index (χ3n) is 4.94. The topological polar surface area (TPSA) is 52.6 Å². The lowest BCUT2D eigenvalue weighted by molar-refractivity contribution is -0.169. The van der Waals surface area contributed by atoms with Crippen LogP contribution in [-0.2, 0) is 25.7 Å². The van der Waals surface area contributed by atoms with Gasteiger partial charge in [-0.15, -0.1) is 11.8 Å². The van der Waals surface area contributed by atoms with Crippen LogP contribution in [0.4, 0.5) is 0 Å². The Labute approximate surface area is 162 Å². The van der Waals surface area contributed by atoms with E-state index in [0.29, 0.717) is 6.42 Å². The molecule has 27 heavy (non-hydrogen) atoms. The molecule has 3 atom stereocenters. The molecule has 1 saturated heterocycles. The molecule has 0 unspecified atom stereocenters. The van der Waals surface area contributed by atoms with E-state index in [1.807, 2.05) is 73.7 Å². The van der Waals surface area contributed by atoms with Crippen molar-refractivity contribution in [1.29, 1.82) is 0 Å². The average molecular weight is 380 g/mol. The van der Waals surface area contributed by atoms with E-state index in [0.717, 1.165) is 16.0 Å². The number of fused-ring (bicyclic) bond motifs is 2. The van der Waals surface area contributed by atoms with Crippen molar-refractivity contribution in [3.63, 3.8) is 0 Å². The Kier molecular flexibility index (Phi) is 4.79. The standard InChI is InChI=1S/C22H20O4S/c1-15-7-9-18(10-8-15)27-22-12-11-17(26-21(22)24)13-19(22)20(23)25-14-16-5-3-2-4-6-16/h2-12,17,19H,13-14H2,1H3/t17-,19-,22-/m1/s1. The Morgan fingerprint density at radius 2 is 1.93 bits per heavy atom. The normalized spacial score (nSPS) is 25.9.